The quantitative estimate of drug-likeness (QED) is 0.777. The second-order valence-corrected chi connectivity index (χ2v) is 6.39. The van der Waals surface area contributed by atoms with E-state index >= 15 is 0 Å². The van der Waals surface area contributed by atoms with Crippen LogP contribution in [-0.2, 0) is 14.6 Å². The van der Waals surface area contributed by atoms with E-state index in [2.05, 4.69) is 5.10 Å². The van der Waals surface area contributed by atoms with E-state index in [1.165, 1.54) is 10.9 Å². The lowest BCUT2D eigenvalue weighted by Crippen LogP contribution is -2.16. The van der Waals surface area contributed by atoms with Gasteiger partial charge in [-0.05, 0) is 13.3 Å². The largest absolute Gasteiger partial charge is 0.462 e. The molecule has 1 atom stereocenters. The molecule has 1 saturated heterocycles. The Labute approximate surface area is 105 Å². The minimum atomic E-state index is -3.01. The SMILES string of the molecule is CCOC(=O)c1cnn([C@H]2CCS(=O)(=O)C2)c1N. The molecule has 0 spiro atoms. The summed E-state index contributed by atoms with van der Waals surface area (Å²) < 4.78 is 29.0. The maximum atomic E-state index is 11.5. The van der Waals surface area contributed by atoms with Crippen LogP contribution in [0.15, 0.2) is 6.20 Å². The highest BCUT2D eigenvalue weighted by atomic mass is 32.2. The molecule has 2 heterocycles. The molecule has 1 fully saturated rings. The molecule has 7 nitrogen and oxygen atoms in total. The van der Waals surface area contributed by atoms with Gasteiger partial charge >= 0.3 is 5.97 Å². The van der Waals surface area contributed by atoms with Crippen LogP contribution >= 0.6 is 0 Å². The maximum absolute atomic E-state index is 11.5. The summed E-state index contributed by atoms with van der Waals surface area (Å²) in [5.41, 5.74) is 5.99. The molecule has 0 bridgehead atoms. The van der Waals surface area contributed by atoms with Gasteiger partial charge in [0.15, 0.2) is 9.84 Å². The summed E-state index contributed by atoms with van der Waals surface area (Å²) in [4.78, 5) is 11.5. The van der Waals surface area contributed by atoms with Gasteiger partial charge in [-0.1, -0.05) is 0 Å². The Morgan fingerprint density at radius 3 is 2.94 bits per heavy atom. The number of rotatable bonds is 3. The molecule has 1 aliphatic rings. The number of ether oxygens (including phenoxy) is 1. The second-order valence-electron chi connectivity index (χ2n) is 4.17. The van der Waals surface area contributed by atoms with Gasteiger partial charge in [0.25, 0.3) is 0 Å². The monoisotopic (exact) mass is 273 g/mol. The first-order valence-electron chi connectivity index (χ1n) is 5.65. The highest BCUT2D eigenvalue weighted by molar-refractivity contribution is 7.91. The molecule has 0 unspecified atom stereocenters. The van der Waals surface area contributed by atoms with Crippen molar-refractivity contribution in [3.8, 4) is 0 Å². The standard InChI is InChI=1S/C10H15N3O4S/c1-2-17-10(14)8-5-12-13(9(8)11)7-3-4-18(15,16)6-7/h5,7H,2-4,6,11H2,1H3/t7-/m0/s1. The van der Waals surface area contributed by atoms with Gasteiger partial charge in [-0.15, -0.1) is 0 Å². The lowest BCUT2D eigenvalue weighted by atomic mass is 10.2. The van der Waals surface area contributed by atoms with Crippen molar-refractivity contribution in [3.05, 3.63) is 11.8 Å². The van der Waals surface area contributed by atoms with Gasteiger partial charge in [-0.3, -0.25) is 0 Å². The van der Waals surface area contributed by atoms with Crippen molar-refractivity contribution in [3.63, 3.8) is 0 Å². The highest BCUT2D eigenvalue weighted by Crippen LogP contribution is 2.26. The summed E-state index contributed by atoms with van der Waals surface area (Å²) in [5, 5.41) is 3.99. The molecule has 1 aliphatic heterocycles. The van der Waals surface area contributed by atoms with Crippen LogP contribution in [-0.4, -0.2) is 42.3 Å². The zero-order valence-corrected chi connectivity index (χ0v) is 10.8. The van der Waals surface area contributed by atoms with E-state index < -0.39 is 15.8 Å². The van der Waals surface area contributed by atoms with Crippen LogP contribution in [0.2, 0.25) is 0 Å². The molecule has 2 N–H and O–H groups in total. The van der Waals surface area contributed by atoms with E-state index in [0.29, 0.717) is 6.42 Å². The third-order valence-electron chi connectivity index (χ3n) is 2.88. The summed E-state index contributed by atoms with van der Waals surface area (Å²) in [5.74, 6) is -0.231. The fourth-order valence-electron chi connectivity index (χ4n) is 2.00. The number of nitrogen functional groups attached to an aromatic ring is 1. The first-order chi connectivity index (χ1) is 8.44. The molecule has 0 saturated carbocycles. The Bertz CT molecular complexity index is 564. The van der Waals surface area contributed by atoms with Gasteiger partial charge in [0.05, 0.1) is 30.4 Å². The van der Waals surface area contributed by atoms with E-state index in [1.807, 2.05) is 0 Å². The second kappa shape index (κ2) is 4.60. The number of anilines is 1. The molecule has 0 aliphatic carbocycles. The Hall–Kier alpha value is -1.57. The van der Waals surface area contributed by atoms with Gasteiger partial charge in [0, 0.05) is 0 Å². The smallest absolute Gasteiger partial charge is 0.343 e. The lowest BCUT2D eigenvalue weighted by Gasteiger charge is -2.10. The number of hydrogen-bond donors (Lipinski definition) is 1. The Balaban J connectivity index is 2.24. The van der Waals surface area contributed by atoms with Crippen LogP contribution in [0.5, 0.6) is 0 Å². The first kappa shape index (κ1) is 12.9. The van der Waals surface area contributed by atoms with Crippen molar-refractivity contribution >= 4 is 21.6 Å². The van der Waals surface area contributed by atoms with Gasteiger partial charge < -0.3 is 10.5 Å². The van der Waals surface area contributed by atoms with Gasteiger partial charge in [-0.25, -0.2) is 17.9 Å². The summed E-state index contributed by atoms with van der Waals surface area (Å²) in [6, 6.07) is -0.293. The third-order valence-corrected chi connectivity index (χ3v) is 4.63. The number of aromatic nitrogens is 2. The maximum Gasteiger partial charge on any atom is 0.343 e. The molecule has 0 aromatic carbocycles. The number of nitrogens with zero attached hydrogens (tertiary/aromatic N) is 2. The molecule has 18 heavy (non-hydrogen) atoms. The van der Waals surface area contributed by atoms with Crippen LogP contribution in [0.1, 0.15) is 29.7 Å². The molecule has 2 rings (SSSR count). The van der Waals surface area contributed by atoms with Crippen LogP contribution < -0.4 is 5.73 Å². The van der Waals surface area contributed by atoms with Crippen LogP contribution in [0, 0.1) is 0 Å². The predicted octanol–water partition coefficient (Wildman–Crippen LogP) is 0.00160. The van der Waals surface area contributed by atoms with Crippen molar-refractivity contribution in [2.75, 3.05) is 23.8 Å². The molecule has 0 radical (unpaired) electrons. The number of nitrogens with two attached hydrogens (primary N) is 1. The predicted molar refractivity (Wildman–Crippen MR) is 64.9 cm³/mol. The number of carbonyl (C=O) groups is 1. The number of sulfone groups is 1. The Morgan fingerprint density at radius 2 is 2.39 bits per heavy atom. The third kappa shape index (κ3) is 2.33. The topological polar surface area (TPSA) is 104 Å². The highest BCUT2D eigenvalue weighted by Gasteiger charge is 2.32. The Morgan fingerprint density at radius 1 is 1.67 bits per heavy atom. The van der Waals surface area contributed by atoms with Crippen molar-refractivity contribution in [1.82, 2.24) is 9.78 Å². The number of esters is 1. The Kier molecular flexibility index (Phi) is 3.29. The zero-order chi connectivity index (χ0) is 13.3. The van der Waals surface area contributed by atoms with Crippen LogP contribution in [0.25, 0.3) is 0 Å². The van der Waals surface area contributed by atoms with Gasteiger partial charge in [0.2, 0.25) is 0 Å². The first-order valence-corrected chi connectivity index (χ1v) is 7.47. The van der Waals surface area contributed by atoms with Crippen LogP contribution in [0.4, 0.5) is 5.82 Å². The summed E-state index contributed by atoms with van der Waals surface area (Å²) >= 11 is 0. The molecule has 0 amide bonds. The lowest BCUT2D eigenvalue weighted by molar-refractivity contribution is 0.0527. The van der Waals surface area contributed by atoms with E-state index in [9.17, 15) is 13.2 Å². The summed E-state index contributed by atoms with van der Waals surface area (Å²) in [6.45, 7) is 1.95. The molecule has 1 aromatic rings. The van der Waals surface area contributed by atoms with Gasteiger partial charge in [-0.2, -0.15) is 5.10 Å². The van der Waals surface area contributed by atoms with Crippen molar-refractivity contribution < 1.29 is 17.9 Å². The van der Waals surface area contributed by atoms with E-state index in [-0.39, 0.29) is 35.5 Å². The van der Waals surface area contributed by atoms with Crippen molar-refractivity contribution in [2.45, 2.75) is 19.4 Å². The fraction of sp³-hybridized carbons (Fsp3) is 0.600. The van der Waals surface area contributed by atoms with Crippen molar-refractivity contribution in [1.29, 1.82) is 0 Å². The van der Waals surface area contributed by atoms with Gasteiger partial charge in [0.1, 0.15) is 11.4 Å². The number of carbonyl (C=O) groups excluding carboxylic acids is 1. The van der Waals surface area contributed by atoms with Crippen molar-refractivity contribution in [2.24, 2.45) is 0 Å². The molecule has 100 valence electrons. The molecule has 8 heteroatoms. The number of hydrogen-bond acceptors (Lipinski definition) is 6. The molecular weight excluding hydrogens is 258 g/mol. The minimum Gasteiger partial charge on any atom is -0.462 e. The van der Waals surface area contributed by atoms with E-state index in [0.717, 1.165) is 0 Å². The summed E-state index contributed by atoms with van der Waals surface area (Å²) in [6.07, 6.45) is 1.79. The molecular formula is C10H15N3O4S. The minimum absolute atomic E-state index is 0.0150. The average molecular weight is 273 g/mol. The average Bonchev–Trinajstić information content (AvgIpc) is 2.82. The van der Waals surface area contributed by atoms with E-state index in [1.54, 1.807) is 6.92 Å². The normalized spacial score (nSPS) is 21.9. The van der Waals surface area contributed by atoms with Crippen LogP contribution in [0.3, 0.4) is 0 Å². The fourth-order valence-corrected chi connectivity index (χ4v) is 3.69. The molecule has 1 aromatic heterocycles. The summed E-state index contributed by atoms with van der Waals surface area (Å²) in [7, 11) is -3.01. The zero-order valence-electron chi connectivity index (χ0n) is 10.00. The van der Waals surface area contributed by atoms with E-state index in [4.69, 9.17) is 10.5 Å².